The Bertz CT molecular complexity index is 816. The SMILES string of the molecule is Cc1cccc(NC(=O)c2ccc(NCc3cccnc3)cn2)c1. The van der Waals surface area contributed by atoms with E-state index in [-0.39, 0.29) is 5.91 Å². The minimum Gasteiger partial charge on any atom is -0.380 e. The first-order valence-corrected chi connectivity index (χ1v) is 7.67. The van der Waals surface area contributed by atoms with Gasteiger partial charge in [0.15, 0.2) is 0 Å². The number of carbonyl (C=O) groups excluding carboxylic acids is 1. The van der Waals surface area contributed by atoms with Crippen molar-refractivity contribution >= 4 is 17.3 Å². The van der Waals surface area contributed by atoms with Crippen molar-refractivity contribution in [2.45, 2.75) is 13.5 Å². The first-order chi connectivity index (χ1) is 11.7. The number of nitrogens with one attached hydrogen (secondary N) is 2. The molecule has 0 bridgehead atoms. The van der Waals surface area contributed by atoms with Crippen molar-refractivity contribution in [2.24, 2.45) is 0 Å². The van der Waals surface area contributed by atoms with Gasteiger partial charge < -0.3 is 10.6 Å². The van der Waals surface area contributed by atoms with Crippen molar-refractivity contribution < 1.29 is 4.79 Å². The molecule has 0 spiro atoms. The molecule has 1 aromatic carbocycles. The van der Waals surface area contributed by atoms with E-state index >= 15 is 0 Å². The van der Waals surface area contributed by atoms with Crippen LogP contribution in [0.1, 0.15) is 21.6 Å². The van der Waals surface area contributed by atoms with Gasteiger partial charge in [-0.1, -0.05) is 18.2 Å². The Morgan fingerprint density at radius 1 is 1.04 bits per heavy atom. The van der Waals surface area contributed by atoms with Crippen LogP contribution in [0.3, 0.4) is 0 Å². The molecule has 0 saturated heterocycles. The number of aromatic nitrogens is 2. The maximum absolute atomic E-state index is 12.2. The van der Waals surface area contributed by atoms with Crippen molar-refractivity contribution in [1.82, 2.24) is 9.97 Å². The zero-order chi connectivity index (χ0) is 16.8. The molecule has 24 heavy (non-hydrogen) atoms. The van der Waals surface area contributed by atoms with Crippen LogP contribution in [0.4, 0.5) is 11.4 Å². The Balaban J connectivity index is 1.60. The lowest BCUT2D eigenvalue weighted by atomic mass is 10.2. The Labute approximate surface area is 140 Å². The van der Waals surface area contributed by atoms with Crippen LogP contribution in [-0.2, 0) is 6.54 Å². The summed E-state index contributed by atoms with van der Waals surface area (Å²) in [6.45, 7) is 2.64. The lowest BCUT2D eigenvalue weighted by molar-refractivity contribution is 0.102. The number of benzene rings is 1. The largest absolute Gasteiger partial charge is 0.380 e. The molecule has 2 aromatic heterocycles. The number of pyridine rings is 2. The highest BCUT2D eigenvalue weighted by Crippen LogP contribution is 2.12. The molecule has 3 rings (SSSR count). The summed E-state index contributed by atoms with van der Waals surface area (Å²) in [7, 11) is 0. The zero-order valence-electron chi connectivity index (χ0n) is 13.4. The summed E-state index contributed by atoms with van der Waals surface area (Å²) in [5.41, 5.74) is 4.17. The number of nitrogens with zero attached hydrogens (tertiary/aromatic N) is 2. The maximum Gasteiger partial charge on any atom is 0.274 e. The Morgan fingerprint density at radius 3 is 2.67 bits per heavy atom. The smallest absolute Gasteiger partial charge is 0.274 e. The van der Waals surface area contributed by atoms with E-state index < -0.39 is 0 Å². The van der Waals surface area contributed by atoms with Gasteiger partial charge in [-0.05, 0) is 48.4 Å². The van der Waals surface area contributed by atoms with E-state index in [1.54, 1.807) is 18.5 Å². The van der Waals surface area contributed by atoms with Crippen LogP contribution in [0.25, 0.3) is 0 Å². The number of aryl methyl sites for hydroxylation is 1. The summed E-state index contributed by atoms with van der Waals surface area (Å²) in [4.78, 5) is 20.5. The molecule has 5 heteroatoms. The number of rotatable bonds is 5. The first kappa shape index (κ1) is 15.7. The first-order valence-electron chi connectivity index (χ1n) is 7.67. The van der Waals surface area contributed by atoms with Crippen LogP contribution >= 0.6 is 0 Å². The Morgan fingerprint density at radius 2 is 1.96 bits per heavy atom. The topological polar surface area (TPSA) is 66.9 Å². The second kappa shape index (κ2) is 7.37. The van der Waals surface area contributed by atoms with Gasteiger partial charge in [0.1, 0.15) is 5.69 Å². The summed E-state index contributed by atoms with van der Waals surface area (Å²) in [5, 5.41) is 6.10. The molecule has 0 aliphatic rings. The summed E-state index contributed by atoms with van der Waals surface area (Å²) in [6, 6.07) is 15.1. The number of amides is 1. The minimum atomic E-state index is -0.223. The molecule has 3 aromatic rings. The van der Waals surface area contributed by atoms with Gasteiger partial charge in [-0.15, -0.1) is 0 Å². The number of hydrogen-bond acceptors (Lipinski definition) is 4. The third kappa shape index (κ3) is 4.16. The number of anilines is 2. The third-order valence-electron chi connectivity index (χ3n) is 3.49. The van der Waals surface area contributed by atoms with E-state index in [4.69, 9.17) is 0 Å². The molecule has 0 atom stereocenters. The van der Waals surface area contributed by atoms with Gasteiger partial charge in [0.25, 0.3) is 5.91 Å². The fourth-order valence-electron chi connectivity index (χ4n) is 2.26. The van der Waals surface area contributed by atoms with Gasteiger partial charge in [-0.3, -0.25) is 9.78 Å². The van der Waals surface area contributed by atoms with Crippen molar-refractivity contribution in [1.29, 1.82) is 0 Å². The summed E-state index contributed by atoms with van der Waals surface area (Å²) < 4.78 is 0. The lowest BCUT2D eigenvalue weighted by Crippen LogP contribution is -2.13. The predicted molar refractivity (Wildman–Crippen MR) is 94.9 cm³/mol. The standard InChI is InChI=1S/C19H18N4O/c1-14-4-2-6-16(10-14)23-19(24)18-8-7-17(13-22-18)21-12-15-5-3-9-20-11-15/h2-11,13,21H,12H2,1H3,(H,23,24). The average Bonchev–Trinajstić information content (AvgIpc) is 2.61. The Kier molecular flexibility index (Phi) is 4.81. The molecule has 0 saturated carbocycles. The van der Waals surface area contributed by atoms with Gasteiger partial charge >= 0.3 is 0 Å². The van der Waals surface area contributed by atoms with Gasteiger partial charge in [0.05, 0.1) is 11.9 Å². The fourth-order valence-corrected chi connectivity index (χ4v) is 2.26. The second-order valence-electron chi connectivity index (χ2n) is 5.47. The fraction of sp³-hybridized carbons (Fsp3) is 0.105. The molecule has 120 valence electrons. The van der Waals surface area contributed by atoms with E-state index in [1.165, 1.54) is 0 Å². The van der Waals surface area contributed by atoms with Crippen LogP contribution in [-0.4, -0.2) is 15.9 Å². The summed E-state index contributed by atoms with van der Waals surface area (Å²) in [5.74, 6) is -0.223. The molecular weight excluding hydrogens is 300 g/mol. The van der Waals surface area contributed by atoms with Gasteiger partial charge in [0, 0.05) is 24.6 Å². The molecule has 2 heterocycles. The predicted octanol–water partition coefficient (Wildman–Crippen LogP) is 3.65. The highest BCUT2D eigenvalue weighted by molar-refractivity contribution is 6.02. The van der Waals surface area contributed by atoms with Crippen LogP contribution in [0.15, 0.2) is 67.1 Å². The van der Waals surface area contributed by atoms with E-state index in [0.29, 0.717) is 12.2 Å². The average molecular weight is 318 g/mol. The van der Waals surface area contributed by atoms with Crippen LogP contribution < -0.4 is 10.6 Å². The molecular formula is C19H18N4O. The molecule has 0 unspecified atom stereocenters. The molecule has 0 aliphatic heterocycles. The van der Waals surface area contributed by atoms with Gasteiger partial charge in [-0.2, -0.15) is 0 Å². The van der Waals surface area contributed by atoms with E-state index in [9.17, 15) is 4.79 Å². The molecule has 0 aliphatic carbocycles. The van der Waals surface area contributed by atoms with Gasteiger partial charge in [0.2, 0.25) is 0 Å². The quantitative estimate of drug-likeness (QED) is 0.753. The van der Waals surface area contributed by atoms with Gasteiger partial charge in [-0.25, -0.2) is 4.98 Å². The highest BCUT2D eigenvalue weighted by Gasteiger charge is 2.07. The third-order valence-corrected chi connectivity index (χ3v) is 3.49. The number of hydrogen-bond donors (Lipinski definition) is 2. The normalized spacial score (nSPS) is 10.2. The van der Waals surface area contributed by atoms with Crippen molar-refractivity contribution in [3.63, 3.8) is 0 Å². The second-order valence-corrected chi connectivity index (χ2v) is 5.47. The molecule has 5 nitrogen and oxygen atoms in total. The Hall–Kier alpha value is -3.21. The number of carbonyl (C=O) groups is 1. The van der Waals surface area contributed by atoms with Crippen LogP contribution in [0, 0.1) is 6.92 Å². The molecule has 0 fully saturated rings. The van der Waals surface area contributed by atoms with Crippen LogP contribution in [0.2, 0.25) is 0 Å². The summed E-state index contributed by atoms with van der Waals surface area (Å²) >= 11 is 0. The van der Waals surface area contributed by atoms with E-state index in [2.05, 4.69) is 20.6 Å². The maximum atomic E-state index is 12.2. The molecule has 1 amide bonds. The highest BCUT2D eigenvalue weighted by atomic mass is 16.1. The van der Waals surface area contributed by atoms with Crippen molar-refractivity contribution in [3.8, 4) is 0 Å². The monoisotopic (exact) mass is 318 g/mol. The lowest BCUT2D eigenvalue weighted by Gasteiger charge is -2.08. The van der Waals surface area contributed by atoms with Crippen molar-refractivity contribution in [2.75, 3.05) is 10.6 Å². The zero-order valence-corrected chi connectivity index (χ0v) is 13.4. The molecule has 0 radical (unpaired) electrons. The minimum absolute atomic E-state index is 0.223. The van der Waals surface area contributed by atoms with E-state index in [1.807, 2.05) is 55.6 Å². The van der Waals surface area contributed by atoms with Crippen LogP contribution in [0.5, 0.6) is 0 Å². The molecule has 2 N–H and O–H groups in total. The van der Waals surface area contributed by atoms with E-state index in [0.717, 1.165) is 22.5 Å². The van der Waals surface area contributed by atoms with Crippen molar-refractivity contribution in [3.05, 3.63) is 83.9 Å². The summed E-state index contributed by atoms with van der Waals surface area (Å²) in [6.07, 6.45) is 5.21.